The van der Waals surface area contributed by atoms with Crippen molar-refractivity contribution in [3.8, 4) is 0 Å². The number of carbonyl (C=O) groups excluding carboxylic acids is 1. The van der Waals surface area contributed by atoms with Gasteiger partial charge in [-0.05, 0) is 43.0 Å². The first-order chi connectivity index (χ1) is 7.63. The lowest BCUT2D eigenvalue weighted by Crippen LogP contribution is -2.07. The first kappa shape index (κ1) is 11.7. The van der Waals surface area contributed by atoms with Crippen LogP contribution in [0.3, 0.4) is 0 Å². The van der Waals surface area contributed by atoms with Crippen LogP contribution in [0.5, 0.6) is 0 Å². The Hall–Kier alpha value is -0.730. The van der Waals surface area contributed by atoms with E-state index < -0.39 is 0 Å². The Bertz CT molecular complexity index is 417. The summed E-state index contributed by atoms with van der Waals surface area (Å²) >= 11 is 12.0. The predicted molar refractivity (Wildman–Crippen MR) is 63.9 cm³/mol. The molecule has 1 aliphatic rings. The van der Waals surface area contributed by atoms with E-state index >= 15 is 0 Å². The average Bonchev–Trinajstić information content (AvgIpc) is 3.02. The molecule has 0 N–H and O–H groups in total. The van der Waals surface area contributed by atoms with E-state index in [0.29, 0.717) is 16.7 Å². The van der Waals surface area contributed by atoms with E-state index in [9.17, 15) is 4.79 Å². The number of hydrogen-bond acceptors (Lipinski definition) is 2. The fourth-order valence-electron chi connectivity index (χ4n) is 1.85. The summed E-state index contributed by atoms with van der Waals surface area (Å²) in [4.78, 5) is 11.5. The molecular formula is C12H12Cl2O2. The average molecular weight is 259 g/mol. The molecule has 86 valence electrons. The minimum absolute atomic E-state index is 0.0454. The highest BCUT2D eigenvalue weighted by atomic mass is 35.5. The van der Waals surface area contributed by atoms with Gasteiger partial charge in [0.15, 0.2) is 0 Å². The van der Waals surface area contributed by atoms with Gasteiger partial charge >= 0.3 is 5.97 Å². The molecule has 0 radical (unpaired) electrons. The van der Waals surface area contributed by atoms with Gasteiger partial charge in [-0.3, -0.25) is 4.79 Å². The van der Waals surface area contributed by atoms with Gasteiger partial charge in [0, 0.05) is 10.0 Å². The van der Waals surface area contributed by atoms with Gasteiger partial charge in [-0.15, -0.1) is 0 Å². The Balaban J connectivity index is 2.11. The molecule has 0 aliphatic heterocycles. The highest BCUT2D eigenvalue weighted by Gasteiger charge is 2.46. The molecule has 2 nitrogen and oxygen atoms in total. The van der Waals surface area contributed by atoms with Gasteiger partial charge in [0.25, 0.3) is 0 Å². The lowest BCUT2D eigenvalue weighted by atomic mass is 10.1. The molecule has 0 aromatic heterocycles. The van der Waals surface area contributed by atoms with Crippen LogP contribution in [-0.4, -0.2) is 12.6 Å². The molecule has 1 aromatic rings. The largest absolute Gasteiger partial charge is 0.466 e. The van der Waals surface area contributed by atoms with E-state index in [1.807, 2.05) is 13.0 Å². The number of carbonyl (C=O) groups is 1. The lowest BCUT2D eigenvalue weighted by Gasteiger charge is -2.04. The maximum atomic E-state index is 11.5. The van der Waals surface area contributed by atoms with Crippen LogP contribution in [0, 0.1) is 5.92 Å². The van der Waals surface area contributed by atoms with Crippen molar-refractivity contribution in [3.05, 3.63) is 33.8 Å². The SMILES string of the molecule is CCOC(=O)[C@@H]1C[C@H]1c1cc(Cl)ccc1Cl. The fourth-order valence-corrected chi connectivity index (χ4v) is 2.29. The third kappa shape index (κ3) is 2.33. The summed E-state index contributed by atoms with van der Waals surface area (Å²) < 4.78 is 4.97. The molecule has 16 heavy (non-hydrogen) atoms. The fraction of sp³-hybridized carbons (Fsp3) is 0.417. The molecule has 0 spiro atoms. The lowest BCUT2D eigenvalue weighted by molar-refractivity contribution is -0.144. The monoisotopic (exact) mass is 258 g/mol. The highest BCUT2D eigenvalue weighted by Crippen LogP contribution is 2.50. The zero-order chi connectivity index (χ0) is 11.7. The standard InChI is InChI=1S/C12H12Cl2O2/c1-2-16-12(15)10-6-8(10)9-5-7(13)3-4-11(9)14/h3-5,8,10H,2,6H2,1H3/t8-,10+/m0/s1. The second-order valence-electron chi connectivity index (χ2n) is 3.87. The molecule has 0 heterocycles. The number of halogens is 2. The van der Waals surface area contributed by atoms with Gasteiger partial charge in [0.2, 0.25) is 0 Å². The van der Waals surface area contributed by atoms with E-state index in [1.54, 1.807) is 12.1 Å². The molecule has 1 aromatic carbocycles. The molecule has 1 fully saturated rings. The summed E-state index contributed by atoms with van der Waals surface area (Å²) in [6, 6.07) is 5.34. The molecule has 1 aliphatic carbocycles. The number of hydrogen-bond donors (Lipinski definition) is 0. The highest BCUT2D eigenvalue weighted by molar-refractivity contribution is 6.33. The Labute approximate surface area is 104 Å². The normalized spacial score (nSPS) is 22.9. The van der Waals surface area contributed by atoms with Gasteiger partial charge in [-0.25, -0.2) is 0 Å². The number of rotatable bonds is 3. The van der Waals surface area contributed by atoms with E-state index in [1.165, 1.54) is 0 Å². The van der Waals surface area contributed by atoms with E-state index in [2.05, 4.69) is 0 Å². The van der Waals surface area contributed by atoms with Crippen LogP contribution in [0.1, 0.15) is 24.8 Å². The van der Waals surface area contributed by atoms with Crippen molar-refractivity contribution in [2.45, 2.75) is 19.3 Å². The first-order valence-electron chi connectivity index (χ1n) is 5.25. The first-order valence-corrected chi connectivity index (χ1v) is 6.00. The molecule has 0 bridgehead atoms. The minimum Gasteiger partial charge on any atom is -0.466 e. The molecule has 1 saturated carbocycles. The van der Waals surface area contributed by atoms with Gasteiger partial charge in [-0.1, -0.05) is 23.2 Å². The zero-order valence-corrected chi connectivity index (χ0v) is 10.4. The molecule has 0 unspecified atom stereocenters. The molecular weight excluding hydrogens is 247 g/mol. The zero-order valence-electron chi connectivity index (χ0n) is 8.87. The van der Waals surface area contributed by atoms with Crippen LogP contribution in [0.4, 0.5) is 0 Å². The van der Waals surface area contributed by atoms with Gasteiger partial charge in [0.1, 0.15) is 0 Å². The van der Waals surface area contributed by atoms with Crippen LogP contribution >= 0.6 is 23.2 Å². The van der Waals surface area contributed by atoms with Crippen molar-refractivity contribution in [2.75, 3.05) is 6.61 Å². The predicted octanol–water partition coefficient (Wildman–Crippen LogP) is 3.66. The topological polar surface area (TPSA) is 26.3 Å². The Morgan fingerprint density at radius 2 is 2.25 bits per heavy atom. The molecule has 0 saturated heterocycles. The Morgan fingerprint density at radius 1 is 1.50 bits per heavy atom. The minimum atomic E-state index is -0.136. The second-order valence-corrected chi connectivity index (χ2v) is 4.71. The van der Waals surface area contributed by atoms with Crippen LogP contribution in [0.25, 0.3) is 0 Å². The van der Waals surface area contributed by atoms with Crippen LogP contribution in [0.2, 0.25) is 10.0 Å². The third-order valence-electron chi connectivity index (χ3n) is 2.74. The molecule has 4 heteroatoms. The molecule has 0 amide bonds. The number of benzene rings is 1. The van der Waals surface area contributed by atoms with Crippen LogP contribution in [0.15, 0.2) is 18.2 Å². The molecule has 2 rings (SSSR count). The summed E-state index contributed by atoms with van der Waals surface area (Å²) in [5.74, 6) is -0.00953. The van der Waals surface area contributed by atoms with Crippen molar-refractivity contribution >= 4 is 29.2 Å². The van der Waals surface area contributed by atoms with Gasteiger partial charge < -0.3 is 4.74 Å². The summed E-state index contributed by atoms with van der Waals surface area (Å²) in [7, 11) is 0. The van der Waals surface area contributed by atoms with Crippen molar-refractivity contribution in [1.29, 1.82) is 0 Å². The van der Waals surface area contributed by atoms with Crippen molar-refractivity contribution in [2.24, 2.45) is 5.92 Å². The maximum absolute atomic E-state index is 11.5. The Morgan fingerprint density at radius 3 is 2.94 bits per heavy atom. The quantitative estimate of drug-likeness (QED) is 0.774. The second kappa shape index (κ2) is 4.64. The maximum Gasteiger partial charge on any atom is 0.309 e. The summed E-state index contributed by atoms with van der Waals surface area (Å²) in [5, 5.41) is 1.31. The third-order valence-corrected chi connectivity index (χ3v) is 3.32. The summed E-state index contributed by atoms with van der Waals surface area (Å²) in [6.07, 6.45) is 0.804. The smallest absolute Gasteiger partial charge is 0.309 e. The van der Waals surface area contributed by atoms with Crippen LogP contribution < -0.4 is 0 Å². The summed E-state index contributed by atoms with van der Waals surface area (Å²) in [5.41, 5.74) is 0.951. The molecule has 2 atom stereocenters. The Kier molecular flexibility index (Phi) is 3.41. The van der Waals surface area contributed by atoms with Gasteiger partial charge in [-0.2, -0.15) is 0 Å². The van der Waals surface area contributed by atoms with Gasteiger partial charge in [0.05, 0.1) is 12.5 Å². The van der Waals surface area contributed by atoms with E-state index in [4.69, 9.17) is 27.9 Å². The van der Waals surface area contributed by atoms with E-state index in [-0.39, 0.29) is 17.8 Å². The van der Waals surface area contributed by atoms with Crippen molar-refractivity contribution < 1.29 is 9.53 Å². The number of esters is 1. The van der Waals surface area contributed by atoms with E-state index in [0.717, 1.165) is 12.0 Å². The number of ether oxygens (including phenoxy) is 1. The van der Waals surface area contributed by atoms with Crippen molar-refractivity contribution in [3.63, 3.8) is 0 Å². The van der Waals surface area contributed by atoms with Crippen molar-refractivity contribution in [1.82, 2.24) is 0 Å². The summed E-state index contributed by atoms with van der Waals surface area (Å²) in [6.45, 7) is 2.23. The van der Waals surface area contributed by atoms with Crippen LogP contribution in [-0.2, 0) is 9.53 Å².